The average Bonchev–Trinajstić information content (AvgIpc) is 3.36. The summed E-state index contributed by atoms with van der Waals surface area (Å²) in [5.41, 5.74) is 4.98. The molecule has 0 unspecified atom stereocenters. The van der Waals surface area contributed by atoms with Crippen molar-refractivity contribution < 1.29 is 0 Å². The van der Waals surface area contributed by atoms with E-state index in [4.69, 9.17) is 0 Å². The molecule has 0 atom stereocenters. The Morgan fingerprint density at radius 3 is 2.07 bits per heavy atom. The summed E-state index contributed by atoms with van der Waals surface area (Å²) in [4.78, 5) is 3.66. The molecule has 1 N–H and O–H groups in total. The van der Waals surface area contributed by atoms with Crippen molar-refractivity contribution >= 4 is 64.1 Å². The second kappa shape index (κ2) is 5.94. The molecule has 0 aliphatic rings. The van der Waals surface area contributed by atoms with E-state index in [2.05, 4.69) is 102 Å². The van der Waals surface area contributed by atoms with Gasteiger partial charge in [-0.3, -0.25) is 0 Å². The van der Waals surface area contributed by atoms with Gasteiger partial charge in [-0.15, -0.1) is 11.3 Å². The molecule has 0 aliphatic carbocycles. The highest BCUT2D eigenvalue weighted by Gasteiger charge is 2.16. The van der Waals surface area contributed by atoms with Crippen molar-refractivity contribution in [2.45, 2.75) is 0 Å². The lowest BCUT2D eigenvalue weighted by Gasteiger charge is -2.11. The summed E-state index contributed by atoms with van der Waals surface area (Å²) >= 11 is 1.88. The summed E-state index contributed by atoms with van der Waals surface area (Å²) in [6.07, 6.45) is 0. The van der Waals surface area contributed by atoms with Gasteiger partial charge in [0.1, 0.15) is 0 Å². The topological polar surface area (TPSA) is 15.8 Å². The standard InChI is InChI=1S/C28H17NS/c1-2-9-18-17(8-1)22(16-24-27(18)20-10-3-5-13-23(20)29-24)19-12-7-15-26-28(19)21-11-4-6-14-25(21)30-26/h1-16,29H. The van der Waals surface area contributed by atoms with E-state index in [-0.39, 0.29) is 0 Å². The van der Waals surface area contributed by atoms with E-state index in [0.29, 0.717) is 0 Å². The highest BCUT2D eigenvalue weighted by atomic mass is 32.1. The lowest BCUT2D eigenvalue weighted by molar-refractivity contribution is 1.55. The molecular weight excluding hydrogens is 382 g/mol. The van der Waals surface area contributed by atoms with Crippen molar-refractivity contribution in [2.75, 3.05) is 0 Å². The Hall–Kier alpha value is -3.62. The lowest BCUT2D eigenvalue weighted by Crippen LogP contribution is -1.84. The van der Waals surface area contributed by atoms with Gasteiger partial charge in [0.2, 0.25) is 0 Å². The van der Waals surface area contributed by atoms with Crippen LogP contribution in [0.2, 0.25) is 0 Å². The van der Waals surface area contributed by atoms with Gasteiger partial charge in [0.25, 0.3) is 0 Å². The normalized spacial score (nSPS) is 12.0. The zero-order valence-electron chi connectivity index (χ0n) is 16.1. The van der Waals surface area contributed by atoms with E-state index in [1.807, 2.05) is 11.3 Å². The van der Waals surface area contributed by atoms with E-state index in [0.717, 1.165) is 0 Å². The summed E-state index contributed by atoms with van der Waals surface area (Å²) in [5.74, 6) is 0. The largest absolute Gasteiger partial charge is 0.354 e. The minimum absolute atomic E-state index is 1.19. The molecule has 0 saturated heterocycles. The maximum absolute atomic E-state index is 3.66. The predicted octanol–water partition coefficient (Wildman–Crippen LogP) is 8.51. The van der Waals surface area contributed by atoms with Gasteiger partial charge < -0.3 is 4.98 Å². The van der Waals surface area contributed by atoms with Crippen LogP contribution < -0.4 is 0 Å². The average molecular weight is 400 g/mol. The van der Waals surface area contributed by atoms with Crippen molar-refractivity contribution in [1.29, 1.82) is 0 Å². The van der Waals surface area contributed by atoms with Gasteiger partial charge in [-0.1, -0.05) is 72.8 Å². The fourth-order valence-corrected chi connectivity index (χ4v) is 6.07. The molecule has 7 rings (SSSR count). The third kappa shape index (κ3) is 2.11. The van der Waals surface area contributed by atoms with Crippen LogP contribution in [0.5, 0.6) is 0 Å². The summed E-state index contributed by atoms with van der Waals surface area (Å²) in [5, 5.41) is 7.91. The molecule has 2 aromatic heterocycles. The molecule has 0 amide bonds. The molecule has 140 valence electrons. The van der Waals surface area contributed by atoms with Crippen LogP contribution in [-0.4, -0.2) is 4.98 Å². The first-order chi connectivity index (χ1) is 14.9. The van der Waals surface area contributed by atoms with Crippen molar-refractivity contribution in [2.24, 2.45) is 0 Å². The molecule has 5 aromatic carbocycles. The third-order valence-corrected chi connectivity index (χ3v) is 7.34. The number of hydrogen-bond donors (Lipinski definition) is 1. The first-order valence-corrected chi connectivity index (χ1v) is 11.0. The van der Waals surface area contributed by atoms with E-state index in [1.54, 1.807) is 0 Å². The maximum atomic E-state index is 3.66. The molecular formula is C28H17NS. The maximum Gasteiger partial charge on any atom is 0.0477 e. The Balaban J connectivity index is 1.70. The molecule has 0 bridgehead atoms. The van der Waals surface area contributed by atoms with Gasteiger partial charge in [0, 0.05) is 42.0 Å². The van der Waals surface area contributed by atoms with E-state index >= 15 is 0 Å². The summed E-state index contributed by atoms with van der Waals surface area (Å²) in [6.45, 7) is 0. The van der Waals surface area contributed by atoms with Gasteiger partial charge in [-0.05, 0) is 46.2 Å². The molecule has 0 saturated carbocycles. The highest BCUT2D eigenvalue weighted by molar-refractivity contribution is 7.25. The molecule has 2 heterocycles. The number of hydrogen-bond acceptors (Lipinski definition) is 1. The molecule has 0 fully saturated rings. The Morgan fingerprint density at radius 1 is 0.467 bits per heavy atom. The van der Waals surface area contributed by atoms with Crippen LogP contribution in [-0.2, 0) is 0 Å². The Bertz CT molecular complexity index is 1750. The predicted molar refractivity (Wildman–Crippen MR) is 132 cm³/mol. The third-order valence-electron chi connectivity index (χ3n) is 6.20. The smallest absolute Gasteiger partial charge is 0.0477 e. The first kappa shape index (κ1) is 16.2. The number of fused-ring (bicyclic) bond motifs is 8. The minimum atomic E-state index is 1.19. The monoisotopic (exact) mass is 399 g/mol. The zero-order valence-corrected chi connectivity index (χ0v) is 17.0. The number of thiophene rings is 1. The van der Waals surface area contributed by atoms with Crippen LogP contribution in [0.1, 0.15) is 0 Å². The van der Waals surface area contributed by atoms with Gasteiger partial charge >= 0.3 is 0 Å². The van der Waals surface area contributed by atoms with Crippen LogP contribution in [0, 0.1) is 0 Å². The van der Waals surface area contributed by atoms with Crippen molar-refractivity contribution in [3.05, 3.63) is 97.1 Å². The number of aromatic nitrogens is 1. The number of H-pyrrole nitrogens is 1. The molecule has 0 spiro atoms. The van der Waals surface area contributed by atoms with Crippen LogP contribution >= 0.6 is 11.3 Å². The van der Waals surface area contributed by atoms with Crippen LogP contribution in [0.25, 0.3) is 63.9 Å². The van der Waals surface area contributed by atoms with Crippen LogP contribution in [0.15, 0.2) is 97.1 Å². The molecule has 0 radical (unpaired) electrons. The summed E-state index contributed by atoms with van der Waals surface area (Å²) in [6, 6.07) is 35.2. The second-order valence-corrected chi connectivity index (χ2v) is 8.92. The molecule has 30 heavy (non-hydrogen) atoms. The SMILES string of the molecule is c1ccc2c(c1)[nH]c1cc(-c3cccc4sc5ccccc5c34)c3ccccc3c12. The van der Waals surface area contributed by atoms with Crippen LogP contribution in [0.4, 0.5) is 0 Å². The van der Waals surface area contributed by atoms with Crippen LogP contribution in [0.3, 0.4) is 0 Å². The van der Waals surface area contributed by atoms with Gasteiger partial charge in [0.05, 0.1) is 0 Å². The number of nitrogens with one attached hydrogen (secondary N) is 1. The lowest BCUT2D eigenvalue weighted by atomic mass is 9.92. The zero-order chi connectivity index (χ0) is 19.7. The van der Waals surface area contributed by atoms with E-state index in [9.17, 15) is 0 Å². The van der Waals surface area contributed by atoms with Gasteiger partial charge in [-0.25, -0.2) is 0 Å². The fourth-order valence-electron chi connectivity index (χ4n) is 4.94. The van der Waals surface area contributed by atoms with Gasteiger partial charge in [-0.2, -0.15) is 0 Å². The molecule has 1 nitrogen and oxygen atoms in total. The summed E-state index contributed by atoms with van der Waals surface area (Å²) in [7, 11) is 0. The second-order valence-electron chi connectivity index (χ2n) is 7.84. The van der Waals surface area contributed by atoms with Crippen molar-refractivity contribution in [1.82, 2.24) is 4.98 Å². The van der Waals surface area contributed by atoms with E-state index < -0.39 is 0 Å². The Kier molecular flexibility index (Phi) is 3.21. The highest BCUT2D eigenvalue weighted by Crippen LogP contribution is 2.44. The minimum Gasteiger partial charge on any atom is -0.354 e. The molecule has 2 heteroatoms. The first-order valence-electron chi connectivity index (χ1n) is 10.2. The number of benzene rings is 5. The van der Waals surface area contributed by atoms with Crippen molar-refractivity contribution in [3.63, 3.8) is 0 Å². The van der Waals surface area contributed by atoms with Gasteiger partial charge in [0.15, 0.2) is 0 Å². The van der Waals surface area contributed by atoms with E-state index in [1.165, 1.54) is 63.9 Å². The fraction of sp³-hybridized carbons (Fsp3) is 0. The number of rotatable bonds is 1. The number of aromatic amines is 1. The Labute approximate surface area is 177 Å². The number of para-hydroxylation sites is 1. The molecule has 0 aliphatic heterocycles. The summed E-state index contributed by atoms with van der Waals surface area (Å²) < 4.78 is 2.69. The Morgan fingerprint density at radius 2 is 1.17 bits per heavy atom. The quantitative estimate of drug-likeness (QED) is 0.285. The molecule has 7 aromatic rings. The van der Waals surface area contributed by atoms with Crippen molar-refractivity contribution in [3.8, 4) is 11.1 Å².